The first-order chi connectivity index (χ1) is 10.2. The predicted molar refractivity (Wildman–Crippen MR) is 89.3 cm³/mol. The van der Waals surface area contributed by atoms with E-state index in [0.29, 0.717) is 19.0 Å². The molecule has 1 unspecified atom stereocenters. The molecule has 0 aromatic carbocycles. The highest BCUT2D eigenvalue weighted by atomic mass is 35.5. The molecule has 6 heteroatoms. The minimum atomic E-state index is 0.122. The van der Waals surface area contributed by atoms with Crippen molar-refractivity contribution in [3.63, 3.8) is 0 Å². The number of halogens is 1. The Morgan fingerprint density at radius 2 is 2.19 bits per heavy atom. The third-order valence-electron chi connectivity index (χ3n) is 3.35. The average Bonchev–Trinajstić information content (AvgIpc) is 2.94. The van der Waals surface area contributed by atoms with Crippen LogP contribution in [0.1, 0.15) is 35.1 Å². The Hall–Kier alpha value is -0.880. The van der Waals surface area contributed by atoms with E-state index in [2.05, 4.69) is 28.1 Å². The predicted octanol–water partition coefficient (Wildman–Crippen LogP) is 3.81. The van der Waals surface area contributed by atoms with E-state index < -0.39 is 0 Å². The van der Waals surface area contributed by atoms with Gasteiger partial charge in [0.2, 0.25) is 5.91 Å². The number of hydrogen-bond acceptors (Lipinski definition) is 4. The summed E-state index contributed by atoms with van der Waals surface area (Å²) in [4.78, 5) is 14.2. The van der Waals surface area contributed by atoms with E-state index in [0.717, 1.165) is 17.2 Å². The van der Waals surface area contributed by atoms with E-state index in [1.54, 1.807) is 22.7 Å². The molecule has 0 saturated heterocycles. The highest BCUT2D eigenvalue weighted by Crippen LogP contribution is 2.33. The van der Waals surface area contributed by atoms with Crippen LogP contribution >= 0.6 is 34.3 Å². The Morgan fingerprint density at radius 1 is 1.33 bits per heavy atom. The maximum absolute atomic E-state index is 11.7. The van der Waals surface area contributed by atoms with Crippen LogP contribution in [0.15, 0.2) is 29.6 Å². The van der Waals surface area contributed by atoms with Crippen molar-refractivity contribution in [1.29, 1.82) is 0 Å². The van der Waals surface area contributed by atoms with Gasteiger partial charge in [-0.05, 0) is 36.4 Å². The normalized spacial score (nSPS) is 15.9. The summed E-state index contributed by atoms with van der Waals surface area (Å²) >= 11 is 9.34. The Balaban J connectivity index is 1.58. The number of amides is 1. The molecule has 0 aliphatic heterocycles. The van der Waals surface area contributed by atoms with Gasteiger partial charge in [0.1, 0.15) is 0 Å². The van der Waals surface area contributed by atoms with Crippen molar-refractivity contribution in [3.8, 4) is 0 Å². The molecule has 1 aliphatic rings. The van der Waals surface area contributed by atoms with Crippen molar-refractivity contribution in [1.82, 2.24) is 10.6 Å². The lowest BCUT2D eigenvalue weighted by molar-refractivity contribution is -0.121. The van der Waals surface area contributed by atoms with Crippen molar-refractivity contribution in [2.75, 3.05) is 6.54 Å². The van der Waals surface area contributed by atoms with Gasteiger partial charge >= 0.3 is 0 Å². The fourth-order valence-corrected chi connectivity index (χ4v) is 4.19. The highest BCUT2D eigenvalue weighted by molar-refractivity contribution is 7.16. The number of carbonyl (C=O) groups excluding carboxylic acids is 1. The van der Waals surface area contributed by atoms with Gasteiger partial charge in [0.25, 0.3) is 0 Å². The molecule has 1 fully saturated rings. The second kappa shape index (κ2) is 6.92. The lowest BCUT2D eigenvalue weighted by Gasteiger charge is -2.16. The van der Waals surface area contributed by atoms with Gasteiger partial charge in [-0.1, -0.05) is 17.7 Å². The van der Waals surface area contributed by atoms with E-state index in [9.17, 15) is 4.79 Å². The number of carbonyl (C=O) groups is 1. The summed E-state index contributed by atoms with van der Waals surface area (Å²) in [6, 6.07) is 8.68. The SMILES string of the molecule is O=C(CCNC(c1cccs1)c1ccc(Cl)s1)NC1CC1. The van der Waals surface area contributed by atoms with E-state index >= 15 is 0 Å². The first kappa shape index (κ1) is 15.0. The van der Waals surface area contributed by atoms with Crippen LogP contribution < -0.4 is 10.6 Å². The lowest BCUT2D eigenvalue weighted by atomic mass is 10.2. The molecular formula is C15H17ClN2OS2. The number of rotatable bonds is 7. The van der Waals surface area contributed by atoms with Gasteiger partial charge < -0.3 is 10.6 Å². The van der Waals surface area contributed by atoms with E-state index in [1.807, 2.05) is 12.1 Å². The zero-order valence-electron chi connectivity index (χ0n) is 11.5. The lowest BCUT2D eigenvalue weighted by Crippen LogP contribution is -2.30. The quantitative estimate of drug-likeness (QED) is 0.804. The topological polar surface area (TPSA) is 41.1 Å². The van der Waals surface area contributed by atoms with E-state index in [-0.39, 0.29) is 11.9 Å². The summed E-state index contributed by atoms with van der Waals surface area (Å²) in [6.45, 7) is 0.663. The van der Waals surface area contributed by atoms with Crippen LogP contribution in [0.5, 0.6) is 0 Å². The van der Waals surface area contributed by atoms with Gasteiger partial charge in [-0.25, -0.2) is 0 Å². The molecule has 2 aromatic heterocycles. The van der Waals surface area contributed by atoms with Crippen molar-refractivity contribution < 1.29 is 4.79 Å². The van der Waals surface area contributed by atoms with Crippen LogP contribution in [0.4, 0.5) is 0 Å². The second-order valence-corrected chi connectivity index (χ2v) is 7.86. The largest absolute Gasteiger partial charge is 0.353 e. The summed E-state index contributed by atoms with van der Waals surface area (Å²) in [6.07, 6.45) is 2.77. The second-order valence-electron chi connectivity index (χ2n) is 5.14. The first-order valence-electron chi connectivity index (χ1n) is 7.04. The van der Waals surface area contributed by atoms with Gasteiger partial charge in [-0.2, -0.15) is 0 Å². The Bertz CT molecular complexity index is 593. The minimum Gasteiger partial charge on any atom is -0.353 e. The molecule has 1 aliphatic carbocycles. The van der Waals surface area contributed by atoms with Crippen molar-refractivity contribution >= 4 is 40.2 Å². The summed E-state index contributed by atoms with van der Waals surface area (Å²) in [5, 5.41) is 8.56. The maximum Gasteiger partial charge on any atom is 0.221 e. The van der Waals surface area contributed by atoms with Gasteiger partial charge in [-0.3, -0.25) is 4.79 Å². The minimum absolute atomic E-state index is 0.122. The van der Waals surface area contributed by atoms with Crippen LogP contribution in [0, 0.1) is 0 Å². The van der Waals surface area contributed by atoms with Crippen LogP contribution in [0.3, 0.4) is 0 Å². The molecule has 0 spiro atoms. The monoisotopic (exact) mass is 340 g/mol. The number of hydrogen-bond donors (Lipinski definition) is 2. The molecule has 2 N–H and O–H groups in total. The molecular weight excluding hydrogens is 324 g/mol. The molecule has 112 valence electrons. The Morgan fingerprint density at radius 3 is 2.81 bits per heavy atom. The highest BCUT2D eigenvalue weighted by Gasteiger charge is 2.23. The first-order valence-corrected chi connectivity index (χ1v) is 9.11. The van der Waals surface area contributed by atoms with Crippen LogP contribution in [0.2, 0.25) is 4.34 Å². The smallest absolute Gasteiger partial charge is 0.221 e. The molecule has 0 radical (unpaired) electrons. The number of thiophene rings is 2. The third kappa shape index (κ3) is 4.30. The van der Waals surface area contributed by atoms with Gasteiger partial charge in [0.15, 0.2) is 0 Å². The molecule has 1 saturated carbocycles. The molecule has 1 atom stereocenters. The summed E-state index contributed by atoms with van der Waals surface area (Å²) < 4.78 is 0.792. The standard InChI is InChI=1S/C15H17ClN2OS2/c16-13-6-5-12(21-13)15(11-2-1-9-20-11)17-8-7-14(19)18-10-3-4-10/h1-2,5-6,9-10,15,17H,3-4,7-8H2,(H,18,19). The van der Waals surface area contributed by atoms with Crippen molar-refractivity contribution in [2.45, 2.75) is 31.3 Å². The van der Waals surface area contributed by atoms with Crippen molar-refractivity contribution in [3.05, 3.63) is 43.7 Å². The zero-order valence-corrected chi connectivity index (χ0v) is 13.9. The van der Waals surface area contributed by atoms with E-state index in [4.69, 9.17) is 11.6 Å². The fourth-order valence-electron chi connectivity index (χ4n) is 2.14. The maximum atomic E-state index is 11.7. The molecule has 1 amide bonds. The van der Waals surface area contributed by atoms with Crippen LogP contribution in [-0.2, 0) is 4.79 Å². The summed E-state index contributed by atoms with van der Waals surface area (Å²) in [7, 11) is 0. The molecule has 2 heterocycles. The average molecular weight is 341 g/mol. The Kier molecular flexibility index (Phi) is 4.95. The Labute approximate surface area is 137 Å². The molecule has 3 nitrogen and oxygen atoms in total. The van der Waals surface area contributed by atoms with Crippen LogP contribution in [-0.4, -0.2) is 18.5 Å². The molecule has 2 aromatic rings. The third-order valence-corrected chi connectivity index (χ3v) is 5.58. The van der Waals surface area contributed by atoms with Gasteiger partial charge in [0, 0.05) is 28.8 Å². The zero-order chi connectivity index (χ0) is 14.7. The molecule has 0 bridgehead atoms. The summed E-state index contributed by atoms with van der Waals surface area (Å²) in [5.41, 5.74) is 0. The van der Waals surface area contributed by atoms with Crippen LogP contribution in [0.25, 0.3) is 0 Å². The molecule has 3 rings (SSSR count). The van der Waals surface area contributed by atoms with Gasteiger partial charge in [0.05, 0.1) is 10.4 Å². The number of nitrogens with one attached hydrogen (secondary N) is 2. The molecule has 21 heavy (non-hydrogen) atoms. The summed E-state index contributed by atoms with van der Waals surface area (Å²) in [5.74, 6) is 0.138. The van der Waals surface area contributed by atoms with E-state index in [1.165, 1.54) is 9.75 Å². The van der Waals surface area contributed by atoms with Crippen molar-refractivity contribution in [2.24, 2.45) is 0 Å². The van der Waals surface area contributed by atoms with Gasteiger partial charge in [-0.15, -0.1) is 22.7 Å². The fraction of sp³-hybridized carbons (Fsp3) is 0.400.